The molecule has 1 atom stereocenters. The summed E-state index contributed by atoms with van der Waals surface area (Å²) in [6.45, 7) is 0. The van der Waals surface area contributed by atoms with Crippen LogP contribution < -0.4 is 0 Å². The van der Waals surface area contributed by atoms with E-state index in [1.165, 1.54) is 43.4 Å². The zero-order chi connectivity index (χ0) is 10.5. The maximum Gasteiger partial charge on any atom is 0.0386 e. The fourth-order valence-corrected chi connectivity index (χ4v) is 3.81. The van der Waals surface area contributed by atoms with Crippen LogP contribution >= 0.6 is 22.9 Å². The van der Waals surface area contributed by atoms with E-state index in [0.29, 0.717) is 5.38 Å². The molecule has 1 fully saturated rings. The van der Waals surface area contributed by atoms with E-state index in [-0.39, 0.29) is 0 Å². The number of hydrogen-bond donors (Lipinski definition) is 0. The van der Waals surface area contributed by atoms with Crippen molar-refractivity contribution >= 4 is 22.9 Å². The van der Waals surface area contributed by atoms with Gasteiger partial charge in [-0.1, -0.05) is 38.2 Å². The van der Waals surface area contributed by atoms with E-state index < -0.39 is 0 Å². The lowest BCUT2D eigenvalue weighted by molar-refractivity contribution is 0.335. The molecule has 0 saturated heterocycles. The molecule has 0 spiro atoms. The summed E-state index contributed by atoms with van der Waals surface area (Å²) >= 11 is 8.24. The Balaban J connectivity index is 1.74. The Morgan fingerprint density at radius 1 is 1.33 bits per heavy atom. The first kappa shape index (κ1) is 11.5. The zero-order valence-corrected chi connectivity index (χ0v) is 10.7. The van der Waals surface area contributed by atoms with Crippen LogP contribution in [0.5, 0.6) is 0 Å². The maximum absolute atomic E-state index is 6.41. The van der Waals surface area contributed by atoms with Gasteiger partial charge in [0.25, 0.3) is 0 Å². The normalized spacial score (nSPS) is 20.3. The lowest BCUT2D eigenvalue weighted by Gasteiger charge is -2.23. The Morgan fingerprint density at radius 2 is 2.13 bits per heavy atom. The minimum atomic E-state index is 0.353. The van der Waals surface area contributed by atoms with Gasteiger partial charge in [0.2, 0.25) is 0 Å². The van der Waals surface area contributed by atoms with Gasteiger partial charge in [0.15, 0.2) is 0 Å². The zero-order valence-electron chi connectivity index (χ0n) is 9.12. The van der Waals surface area contributed by atoms with Crippen molar-refractivity contribution in [3.8, 4) is 0 Å². The summed E-state index contributed by atoms with van der Waals surface area (Å²) in [5.41, 5.74) is 0. The molecule has 0 radical (unpaired) electrons. The van der Waals surface area contributed by atoms with Gasteiger partial charge in [-0.05, 0) is 30.2 Å². The molecule has 1 heterocycles. The maximum atomic E-state index is 6.41. The van der Waals surface area contributed by atoms with Gasteiger partial charge in [-0.2, -0.15) is 0 Å². The van der Waals surface area contributed by atoms with Gasteiger partial charge >= 0.3 is 0 Å². The van der Waals surface area contributed by atoms with E-state index in [1.54, 1.807) is 0 Å². The summed E-state index contributed by atoms with van der Waals surface area (Å²) in [4.78, 5) is 1.44. The Hall–Kier alpha value is -0.0100. The van der Waals surface area contributed by atoms with Crippen LogP contribution in [-0.4, -0.2) is 5.38 Å². The molecule has 0 aromatic carbocycles. The summed E-state index contributed by atoms with van der Waals surface area (Å²) in [5.74, 6) is 0.904. The molecule has 0 bridgehead atoms. The van der Waals surface area contributed by atoms with Crippen LogP contribution in [0.3, 0.4) is 0 Å². The Morgan fingerprint density at radius 3 is 2.80 bits per heavy atom. The van der Waals surface area contributed by atoms with Crippen molar-refractivity contribution in [2.75, 3.05) is 0 Å². The van der Waals surface area contributed by atoms with Crippen LogP contribution in [0, 0.1) is 5.92 Å². The van der Waals surface area contributed by atoms with Crippen LogP contribution in [0.4, 0.5) is 0 Å². The molecule has 1 unspecified atom stereocenters. The Kier molecular flexibility index (Phi) is 4.52. The lowest BCUT2D eigenvalue weighted by Crippen LogP contribution is -2.13. The van der Waals surface area contributed by atoms with Gasteiger partial charge in [-0.3, -0.25) is 0 Å². The Bertz CT molecular complexity index is 262. The highest BCUT2D eigenvalue weighted by molar-refractivity contribution is 7.09. The lowest BCUT2D eigenvalue weighted by atomic mass is 9.85. The number of rotatable bonds is 4. The van der Waals surface area contributed by atoms with Crippen LogP contribution in [0.15, 0.2) is 17.5 Å². The highest BCUT2D eigenvalue weighted by Gasteiger charge is 2.17. The molecule has 2 rings (SSSR count). The Labute approximate surface area is 102 Å². The van der Waals surface area contributed by atoms with E-state index in [9.17, 15) is 0 Å². The van der Waals surface area contributed by atoms with Gasteiger partial charge < -0.3 is 0 Å². The van der Waals surface area contributed by atoms with E-state index >= 15 is 0 Å². The highest BCUT2D eigenvalue weighted by Crippen LogP contribution is 2.30. The molecule has 0 N–H and O–H groups in total. The van der Waals surface area contributed by atoms with Gasteiger partial charge in [0, 0.05) is 10.3 Å². The molecule has 2 heteroatoms. The first-order chi connectivity index (χ1) is 7.34. The molecule has 1 aromatic heterocycles. The first-order valence-electron chi connectivity index (χ1n) is 6.01. The molecule has 84 valence electrons. The summed E-state index contributed by atoms with van der Waals surface area (Å²) in [6.07, 6.45) is 9.39. The SMILES string of the molecule is ClC(Cc1cccs1)CC1CCCCC1. The molecule has 1 saturated carbocycles. The van der Waals surface area contributed by atoms with Gasteiger partial charge in [-0.25, -0.2) is 0 Å². The second-order valence-electron chi connectivity index (χ2n) is 4.62. The first-order valence-corrected chi connectivity index (χ1v) is 7.32. The summed E-state index contributed by atoms with van der Waals surface area (Å²) in [6, 6.07) is 4.31. The quantitative estimate of drug-likeness (QED) is 0.661. The molecule has 0 amide bonds. The third kappa shape index (κ3) is 3.81. The van der Waals surface area contributed by atoms with Crippen LogP contribution in [-0.2, 0) is 6.42 Å². The molecular weight excluding hydrogens is 224 g/mol. The highest BCUT2D eigenvalue weighted by atomic mass is 35.5. The van der Waals surface area contributed by atoms with E-state index in [2.05, 4.69) is 17.5 Å². The number of alkyl halides is 1. The fourth-order valence-electron chi connectivity index (χ4n) is 2.51. The summed E-state index contributed by atoms with van der Waals surface area (Å²) in [5, 5.41) is 2.49. The predicted octanol–water partition coefficient (Wildman–Crippen LogP) is 4.87. The van der Waals surface area contributed by atoms with Crippen molar-refractivity contribution in [2.45, 2.75) is 50.3 Å². The van der Waals surface area contributed by atoms with Crippen molar-refractivity contribution in [1.29, 1.82) is 0 Å². The third-order valence-corrected chi connectivity index (χ3v) is 4.55. The standard InChI is InChI=1S/C13H19ClS/c14-12(10-13-7-4-8-15-13)9-11-5-2-1-3-6-11/h4,7-8,11-12H,1-3,5-6,9-10H2. The van der Waals surface area contributed by atoms with Crippen molar-refractivity contribution in [2.24, 2.45) is 5.92 Å². The average molecular weight is 243 g/mol. The van der Waals surface area contributed by atoms with Crippen molar-refractivity contribution in [1.82, 2.24) is 0 Å². The van der Waals surface area contributed by atoms with Gasteiger partial charge in [0.05, 0.1) is 0 Å². The van der Waals surface area contributed by atoms with Crippen molar-refractivity contribution in [3.63, 3.8) is 0 Å². The predicted molar refractivity (Wildman–Crippen MR) is 68.9 cm³/mol. The summed E-state index contributed by atoms with van der Waals surface area (Å²) < 4.78 is 0. The number of thiophene rings is 1. The molecule has 1 aliphatic rings. The topological polar surface area (TPSA) is 0 Å². The smallest absolute Gasteiger partial charge is 0.0386 e. The van der Waals surface area contributed by atoms with Gasteiger partial charge in [0.1, 0.15) is 0 Å². The molecule has 1 aliphatic carbocycles. The van der Waals surface area contributed by atoms with Crippen LogP contribution in [0.1, 0.15) is 43.4 Å². The molecule has 0 aliphatic heterocycles. The fraction of sp³-hybridized carbons (Fsp3) is 0.692. The minimum absolute atomic E-state index is 0.353. The second kappa shape index (κ2) is 5.91. The number of halogens is 1. The molecular formula is C13H19ClS. The largest absolute Gasteiger partial charge is 0.149 e. The number of hydrogen-bond acceptors (Lipinski definition) is 1. The molecule has 0 nitrogen and oxygen atoms in total. The summed E-state index contributed by atoms with van der Waals surface area (Å²) in [7, 11) is 0. The minimum Gasteiger partial charge on any atom is -0.149 e. The average Bonchev–Trinajstić information content (AvgIpc) is 2.71. The van der Waals surface area contributed by atoms with E-state index in [0.717, 1.165) is 12.3 Å². The second-order valence-corrected chi connectivity index (χ2v) is 6.27. The van der Waals surface area contributed by atoms with E-state index in [4.69, 9.17) is 11.6 Å². The van der Waals surface area contributed by atoms with Crippen molar-refractivity contribution < 1.29 is 0 Å². The van der Waals surface area contributed by atoms with Crippen LogP contribution in [0.2, 0.25) is 0 Å². The monoisotopic (exact) mass is 242 g/mol. The molecule has 15 heavy (non-hydrogen) atoms. The van der Waals surface area contributed by atoms with Crippen molar-refractivity contribution in [3.05, 3.63) is 22.4 Å². The third-order valence-electron chi connectivity index (χ3n) is 3.32. The van der Waals surface area contributed by atoms with E-state index in [1.807, 2.05) is 11.3 Å². The van der Waals surface area contributed by atoms with Gasteiger partial charge in [-0.15, -0.1) is 22.9 Å². The molecule has 1 aromatic rings. The van der Waals surface area contributed by atoms with Crippen LogP contribution in [0.25, 0.3) is 0 Å².